The Morgan fingerprint density at radius 1 is 1.18 bits per heavy atom. The Hall–Kier alpha value is -1.62. The van der Waals surface area contributed by atoms with Crippen molar-refractivity contribution in [2.45, 2.75) is 32.2 Å². The molecule has 1 rings (SSSR count). The molecule has 0 aliphatic rings. The Labute approximate surface area is 99.3 Å². The lowest BCUT2D eigenvalue weighted by Gasteiger charge is -2.08. The zero-order valence-corrected chi connectivity index (χ0v) is 9.63. The summed E-state index contributed by atoms with van der Waals surface area (Å²) in [6.07, 6.45) is 3.25. The van der Waals surface area contributed by atoms with Gasteiger partial charge in [0.2, 0.25) is 0 Å². The molecule has 0 spiro atoms. The molecular weight excluding hydrogens is 222 g/mol. The maximum atomic E-state index is 11.5. The molecule has 17 heavy (non-hydrogen) atoms. The number of carboxylic acids is 1. The van der Waals surface area contributed by atoms with Gasteiger partial charge < -0.3 is 14.8 Å². The SMILES string of the molecule is O=C(O)c1cccc(=O)n1CCCCCCO. The van der Waals surface area contributed by atoms with E-state index in [9.17, 15) is 9.59 Å². The smallest absolute Gasteiger partial charge is 0.352 e. The maximum Gasteiger partial charge on any atom is 0.352 e. The van der Waals surface area contributed by atoms with Crippen molar-refractivity contribution in [3.05, 3.63) is 34.2 Å². The molecule has 0 saturated carbocycles. The summed E-state index contributed by atoms with van der Waals surface area (Å²) in [7, 11) is 0. The highest BCUT2D eigenvalue weighted by atomic mass is 16.4. The van der Waals surface area contributed by atoms with Crippen molar-refractivity contribution in [1.82, 2.24) is 4.57 Å². The minimum absolute atomic E-state index is 0.0275. The summed E-state index contributed by atoms with van der Waals surface area (Å²) in [5, 5.41) is 17.5. The van der Waals surface area contributed by atoms with E-state index in [1.54, 1.807) is 0 Å². The third kappa shape index (κ3) is 4.03. The lowest BCUT2D eigenvalue weighted by molar-refractivity contribution is 0.0683. The van der Waals surface area contributed by atoms with E-state index in [0.29, 0.717) is 6.54 Å². The van der Waals surface area contributed by atoms with E-state index in [1.807, 2.05) is 0 Å². The largest absolute Gasteiger partial charge is 0.477 e. The Kier molecular flexibility index (Phi) is 5.42. The predicted molar refractivity (Wildman–Crippen MR) is 63.2 cm³/mol. The molecule has 1 aromatic heterocycles. The molecule has 0 unspecified atom stereocenters. The summed E-state index contributed by atoms with van der Waals surface area (Å²) in [6.45, 7) is 0.582. The fourth-order valence-corrected chi connectivity index (χ4v) is 1.67. The van der Waals surface area contributed by atoms with Crippen LogP contribution in [0.2, 0.25) is 0 Å². The van der Waals surface area contributed by atoms with Crippen molar-refractivity contribution in [3.8, 4) is 0 Å². The molecule has 0 aliphatic heterocycles. The number of aromatic nitrogens is 1. The van der Waals surface area contributed by atoms with Crippen LogP contribution in [0.5, 0.6) is 0 Å². The molecule has 1 heterocycles. The number of hydrogen-bond donors (Lipinski definition) is 2. The zero-order valence-electron chi connectivity index (χ0n) is 9.63. The molecule has 0 fully saturated rings. The number of nitrogens with zero attached hydrogens (tertiary/aromatic N) is 1. The van der Waals surface area contributed by atoms with Crippen LogP contribution in [0.4, 0.5) is 0 Å². The van der Waals surface area contributed by atoms with Crippen LogP contribution in [0.15, 0.2) is 23.0 Å². The Balaban J connectivity index is 2.63. The molecule has 0 radical (unpaired) electrons. The van der Waals surface area contributed by atoms with Gasteiger partial charge in [-0.15, -0.1) is 0 Å². The van der Waals surface area contributed by atoms with Gasteiger partial charge in [-0.1, -0.05) is 18.9 Å². The highest BCUT2D eigenvalue weighted by molar-refractivity contribution is 5.85. The minimum Gasteiger partial charge on any atom is -0.477 e. The molecular formula is C12H17NO4. The topological polar surface area (TPSA) is 79.5 Å². The zero-order chi connectivity index (χ0) is 12.7. The number of aliphatic hydroxyl groups excluding tert-OH is 1. The second-order valence-electron chi connectivity index (χ2n) is 3.84. The van der Waals surface area contributed by atoms with Crippen LogP contribution in [0, 0.1) is 0 Å². The van der Waals surface area contributed by atoms with Gasteiger partial charge in [-0.05, 0) is 18.9 Å². The Bertz CT molecular complexity index is 425. The fraction of sp³-hybridized carbons (Fsp3) is 0.500. The van der Waals surface area contributed by atoms with Crippen LogP contribution >= 0.6 is 0 Å². The average Bonchev–Trinajstić information content (AvgIpc) is 2.30. The first kappa shape index (κ1) is 13.4. The van der Waals surface area contributed by atoms with E-state index < -0.39 is 5.97 Å². The first-order valence-electron chi connectivity index (χ1n) is 5.71. The van der Waals surface area contributed by atoms with Gasteiger partial charge in [-0.3, -0.25) is 4.79 Å². The van der Waals surface area contributed by atoms with Crippen LogP contribution in [-0.2, 0) is 6.54 Å². The van der Waals surface area contributed by atoms with Crippen molar-refractivity contribution < 1.29 is 15.0 Å². The number of hydrogen-bond acceptors (Lipinski definition) is 3. The molecule has 0 saturated heterocycles. The summed E-state index contributed by atoms with van der Waals surface area (Å²) in [6, 6.07) is 4.24. The standard InChI is InChI=1S/C12H17NO4/c14-9-4-2-1-3-8-13-10(12(16)17)6-5-7-11(13)15/h5-7,14H,1-4,8-9H2,(H,16,17). The number of carboxylic acid groups (broad SMARTS) is 1. The summed E-state index contributed by atoms with van der Waals surface area (Å²) < 4.78 is 1.28. The normalized spacial score (nSPS) is 10.4. The number of aromatic carboxylic acids is 1. The first-order valence-corrected chi connectivity index (χ1v) is 5.71. The van der Waals surface area contributed by atoms with Gasteiger partial charge >= 0.3 is 5.97 Å². The molecule has 5 heteroatoms. The summed E-state index contributed by atoms with van der Waals surface area (Å²) in [4.78, 5) is 22.4. The molecule has 0 bridgehead atoms. The third-order valence-electron chi connectivity index (χ3n) is 2.56. The van der Waals surface area contributed by atoms with Crippen molar-refractivity contribution in [2.24, 2.45) is 0 Å². The van der Waals surface area contributed by atoms with Crippen LogP contribution in [0.3, 0.4) is 0 Å². The molecule has 0 atom stereocenters. The van der Waals surface area contributed by atoms with E-state index in [1.165, 1.54) is 22.8 Å². The Morgan fingerprint density at radius 3 is 2.53 bits per heavy atom. The van der Waals surface area contributed by atoms with Gasteiger partial charge in [0.1, 0.15) is 5.69 Å². The second kappa shape index (κ2) is 6.85. The van der Waals surface area contributed by atoms with Crippen LogP contribution in [0.1, 0.15) is 36.2 Å². The number of unbranched alkanes of at least 4 members (excludes halogenated alkanes) is 3. The minimum atomic E-state index is -1.09. The van der Waals surface area contributed by atoms with Crippen LogP contribution in [-0.4, -0.2) is 27.4 Å². The lowest BCUT2D eigenvalue weighted by Crippen LogP contribution is -2.25. The van der Waals surface area contributed by atoms with Crippen LogP contribution < -0.4 is 5.56 Å². The molecule has 0 amide bonds. The third-order valence-corrected chi connectivity index (χ3v) is 2.56. The van der Waals surface area contributed by atoms with Gasteiger partial charge in [0, 0.05) is 19.2 Å². The van der Waals surface area contributed by atoms with Crippen molar-refractivity contribution >= 4 is 5.97 Å². The number of pyridine rings is 1. The lowest BCUT2D eigenvalue weighted by atomic mass is 10.2. The number of carbonyl (C=O) groups is 1. The summed E-state index contributed by atoms with van der Waals surface area (Å²) in [5.74, 6) is -1.09. The highest BCUT2D eigenvalue weighted by Crippen LogP contribution is 2.03. The van der Waals surface area contributed by atoms with Gasteiger partial charge in [0.15, 0.2) is 0 Å². The van der Waals surface area contributed by atoms with Gasteiger partial charge in [0.25, 0.3) is 5.56 Å². The van der Waals surface area contributed by atoms with Gasteiger partial charge in [-0.25, -0.2) is 4.79 Å². The van der Waals surface area contributed by atoms with E-state index in [0.717, 1.165) is 25.7 Å². The summed E-state index contributed by atoms with van der Waals surface area (Å²) in [5.41, 5.74) is -0.258. The van der Waals surface area contributed by atoms with Crippen LogP contribution in [0.25, 0.3) is 0 Å². The van der Waals surface area contributed by atoms with E-state index >= 15 is 0 Å². The molecule has 0 aromatic carbocycles. The monoisotopic (exact) mass is 239 g/mol. The average molecular weight is 239 g/mol. The van der Waals surface area contributed by atoms with Gasteiger partial charge in [0.05, 0.1) is 0 Å². The van der Waals surface area contributed by atoms with Crippen molar-refractivity contribution in [2.75, 3.05) is 6.61 Å². The van der Waals surface area contributed by atoms with E-state index in [2.05, 4.69) is 0 Å². The summed E-state index contributed by atoms with van der Waals surface area (Å²) >= 11 is 0. The number of rotatable bonds is 7. The second-order valence-corrected chi connectivity index (χ2v) is 3.84. The predicted octanol–water partition coefficient (Wildman–Crippen LogP) is 1.10. The highest BCUT2D eigenvalue weighted by Gasteiger charge is 2.09. The van der Waals surface area contributed by atoms with E-state index in [4.69, 9.17) is 10.2 Å². The number of aliphatic hydroxyl groups is 1. The van der Waals surface area contributed by atoms with Crippen molar-refractivity contribution in [3.63, 3.8) is 0 Å². The molecule has 1 aromatic rings. The quantitative estimate of drug-likeness (QED) is 0.698. The van der Waals surface area contributed by atoms with Gasteiger partial charge in [-0.2, -0.15) is 0 Å². The molecule has 94 valence electrons. The first-order chi connectivity index (χ1) is 8.16. The fourth-order valence-electron chi connectivity index (χ4n) is 1.67. The Morgan fingerprint density at radius 2 is 1.88 bits per heavy atom. The van der Waals surface area contributed by atoms with Crippen molar-refractivity contribution in [1.29, 1.82) is 0 Å². The molecule has 5 nitrogen and oxygen atoms in total. The molecule has 0 aliphatic carbocycles. The maximum absolute atomic E-state index is 11.5. The molecule has 2 N–H and O–H groups in total. The van der Waals surface area contributed by atoms with E-state index in [-0.39, 0.29) is 17.9 Å².